The van der Waals surface area contributed by atoms with E-state index in [-0.39, 0.29) is 5.69 Å². The Kier molecular flexibility index (Phi) is 5.00. The van der Waals surface area contributed by atoms with Crippen LogP contribution in [0, 0.1) is 5.92 Å². The van der Waals surface area contributed by atoms with Gasteiger partial charge in [-0.2, -0.15) is 22.1 Å². The lowest BCUT2D eigenvalue weighted by Crippen LogP contribution is -2.46. The first-order valence-electron chi connectivity index (χ1n) is 9.01. The average Bonchev–Trinajstić information content (AvgIpc) is 3.37. The molecule has 8 nitrogen and oxygen atoms in total. The van der Waals surface area contributed by atoms with Crippen molar-refractivity contribution in [2.75, 3.05) is 26.2 Å². The number of thiophene rings is 1. The van der Waals surface area contributed by atoms with Gasteiger partial charge in [0.15, 0.2) is 0 Å². The zero-order chi connectivity index (χ0) is 18.1. The summed E-state index contributed by atoms with van der Waals surface area (Å²) in [6, 6.07) is 3.81. The Balaban J connectivity index is 1.41. The standard InChI is InChI=1S/C16H23N5O3S2/c22-16-18-17-14(21(16)15-4-3-11-25-15)12-13-5-9-20(10-6-13)26(23,24)19-7-1-2-8-19/h3-4,11,13H,1-2,5-10,12H2,(H,18,22). The zero-order valence-electron chi connectivity index (χ0n) is 14.5. The minimum Gasteiger partial charge on any atom is -0.246 e. The van der Waals surface area contributed by atoms with Gasteiger partial charge in [0.25, 0.3) is 10.2 Å². The summed E-state index contributed by atoms with van der Waals surface area (Å²) in [6.45, 7) is 2.36. The van der Waals surface area contributed by atoms with E-state index in [9.17, 15) is 13.2 Å². The van der Waals surface area contributed by atoms with Crippen molar-refractivity contribution in [3.8, 4) is 5.00 Å². The fourth-order valence-electron chi connectivity index (χ4n) is 3.78. The Bertz CT molecular complexity index is 889. The summed E-state index contributed by atoms with van der Waals surface area (Å²) in [6.07, 6.45) is 4.16. The number of aromatic nitrogens is 3. The number of rotatable bonds is 5. The van der Waals surface area contributed by atoms with Gasteiger partial charge in [0.1, 0.15) is 10.8 Å². The van der Waals surface area contributed by atoms with Gasteiger partial charge in [-0.1, -0.05) is 0 Å². The topological polar surface area (TPSA) is 91.3 Å². The fraction of sp³-hybridized carbons (Fsp3) is 0.625. The van der Waals surface area contributed by atoms with E-state index < -0.39 is 10.2 Å². The molecule has 2 aliphatic heterocycles. The van der Waals surface area contributed by atoms with Gasteiger partial charge in [0.2, 0.25) is 0 Å². The molecule has 2 aliphatic rings. The van der Waals surface area contributed by atoms with Gasteiger partial charge in [-0.3, -0.25) is 0 Å². The number of aromatic amines is 1. The summed E-state index contributed by atoms with van der Waals surface area (Å²) in [5.74, 6) is 1.05. The molecular formula is C16H23N5O3S2. The molecule has 0 spiro atoms. The summed E-state index contributed by atoms with van der Waals surface area (Å²) in [5, 5.41) is 9.51. The van der Waals surface area contributed by atoms with Gasteiger partial charge in [-0.05, 0) is 49.1 Å². The molecule has 4 rings (SSSR count). The van der Waals surface area contributed by atoms with Crippen LogP contribution >= 0.6 is 11.3 Å². The Labute approximate surface area is 156 Å². The number of piperidine rings is 1. The van der Waals surface area contributed by atoms with E-state index in [4.69, 9.17) is 0 Å². The van der Waals surface area contributed by atoms with Crippen LogP contribution in [0.25, 0.3) is 5.00 Å². The third-order valence-corrected chi connectivity index (χ3v) is 8.12. The van der Waals surface area contributed by atoms with E-state index in [1.54, 1.807) is 13.2 Å². The van der Waals surface area contributed by atoms with Crippen LogP contribution in [0.4, 0.5) is 0 Å². The minimum absolute atomic E-state index is 0.225. The van der Waals surface area contributed by atoms with Crippen LogP contribution in [0.15, 0.2) is 22.3 Å². The first-order chi connectivity index (χ1) is 12.6. The minimum atomic E-state index is -3.31. The van der Waals surface area contributed by atoms with Gasteiger partial charge in [-0.25, -0.2) is 14.5 Å². The van der Waals surface area contributed by atoms with E-state index in [1.807, 2.05) is 17.5 Å². The third kappa shape index (κ3) is 3.38. The van der Waals surface area contributed by atoms with Crippen LogP contribution in [-0.2, 0) is 16.6 Å². The second kappa shape index (κ2) is 7.26. The molecule has 2 fully saturated rings. The molecule has 142 valence electrons. The number of H-pyrrole nitrogens is 1. The highest BCUT2D eigenvalue weighted by Gasteiger charge is 2.34. The largest absolute Gasteiger partial charge is 0.348 e. The maximum atomic E-state index is 12.7. The van der Waals surface area contributed by atoms with Crippen LogP contribution in [0.3, 0.4) is 0 Å². The number of hydrogen-bond acceptors (Lipinski definition) is 5. The number of nitrogens with zero attached hydrogens (tertiary/aromatic N) is 4. The second-order valence-corrected chi connectivity index (χ2v) is 9.75. The van der Waals surface area contributed by atoms with Gasteiger partial charge in [0, 0.05) is 32.6 Å². The predicted molar refractivity (Wildman–Crippen MR) is 99.8 cm³/mol. The lowest BCUT2D eigenvalue weighted by molar-refractivity contribution is 0.255. The molecule has 0 radical (unpaired) electrons. The molecule has 10 heteroatoms. The Morgan fingerprint density at radius 1 is 1.15 bits per heavy atom. The number of hydrogen-bond donors (Lipinski definition) is 1. The highest BCUT2D eigenvalue weighted by molar-refractivity contribution is 7.86. The Hall–Kier alpha value is -1.49. The summed E-state index contributed by atoms with van der Waals surface area (Å²) in [4.78, 5) is 12.1. The lowest BCUT2D eigenvalue weighted by Gasteiger charge is -2.33. The van der Waals surface area contributed by atoms with Crippen molar-refractivity contribution in [3.05, 3.63) is 33.8 Å². The fourth-order valence-corrected chi connectivity index (χ4v) is 6.24. The van der Waals surface area contributed by atoms with E-state index in [0.717, 1.165) is 36.5 Å². The molecule has 4 heterocycles. The van der Waals surface area contributed by atoms with Crippen molar-refractivity contribution in [2.24, 2.45) is 5.92 Å². The molecule has 2 aromatic rings. The maximum Gasteiger partial charge on any atom is 0.348 e. The molecule has 0 unspecified atom stereocenters. The molecule has 0 atom stereocenters. The van der Waals surface area contributed by atoms with Crippen LogP contribution < -0.4 is 5.69 Å². The number of nitrogens with one attached hydrogen (secondary N) is 1. The highest BCUT2D eigenvalue weighted by atomic mass is 32.2. The summed E-state index contributed by atoms with van der Waals surface area (Å²) in [7, 11) is -3.31. The molecule has 2 saturated heterocycles. The van der Waals surface area contributed by atoms with Crippen molar-refractivity contribution >= 4 is 21.5 Å². The van der Waals surface area contributed by atoms with E-state index >= 15 is 0 Å². The summed E-state index contributed by atoms with van der Waals surface area (Å²) in [5.41, 5.74) is -0.225. The van der Waals surface area contributed by atoms with Crippen molar-refractivity contribution in [2.45, 2.75) is 32.1 Å². The maximum absolute atomic E-state index is 12.7. The van der Waals surface area contributed by atoms with Crippen molar-refractivity contribution in [3.63, 3.8) is 0 Å². The van der Waals surface area contributed by atoms with Crippen molar-refractivity contribution in [1.29, 1.82) is 0 Å². The summed E-state index contributed by atoms with van der Waals surface area (Å²) >= 11 is 1.50. The predicted octanol–water partition coefficient (Wildman–Crippen LogP) is 1.22. The molecule has 26 heavy (non-hydrogen) atoms. The molecule has 0 saturated carbocycles. The first-order valence-corrected chi connectivity index (χ1v) is 11.3. The van der Waals surface area contributed by atoms with E-state index in [1.165, 1.54) is 11.3 Å². The van der Waals surface area contributed by atoms with Gasteiger partial charge >= 0.3 is 5.69 Å². The van der Waals surface area contributed by atoms with E-state index in [2.05, 4.69) is 10.2 Å². The lowest BCUT2D eigenvalue weighted by atomic mass is 9.94. The Morgan fingerprint density at radius 3 is 2.50 bits per heavy atom. The van der Waals surface area contributed by atoms with Gasteiger partial charge in [0.05, 0.1) is 0 Å². The van der Waals surface area contributed by atoms with Crippen LogP contribution in [0.5, 0.6) is 0 Å². The van der Waals surface area contributed by atoms with Crippen molar-refractivity contribution < 1.29 is 8.42 Å². The average molecular weight is 398 g/mol. The second-order valence-electron chi connectivity index (χ2n) is 6.89. The van der Waals surface area contributed by atoms with Crippen LogP contribution in [0.1, 0.15) is 31.5 Å². The quantitative estimate of drug-likeness (QED) is 0.821. The normalized spacial score (nSPS) is 20.8. The molecule has 0 aliphatic carbocycles. The SMILES string of the molecule is O=c1[nH]nc(CC2CCN(S(=O)(=O)N3CCCC3)CC2)n1-c1cccs1. The monoisotopic (exact) mass is 397 g/mol. The third-order valence-electron chi connectivity index (χ3n) is 5.23. The van der Waals surface area contributed by atoms with Crippen LogP contribution in [0.2, 0.25) is 0 Å². The Morgan fingerprint density at radius 2 is 1.85 bits per heavy atom. The van der Waals surface area contributed by atoms with E-state index in [0.29, 0.717) is 38.5 Å². The van der Waals surface area contributed by atoms with Gasteiger partial charge in [-0.15, -0.1) is 11.3 Å². The molecule has 1 N–H and O–H groups in total. The molecule has 0 bridgehead atoms. The summed E-state index contributed by atoms with van der Waals surface area (Å²) < 4.78 is 30.2. The molecule has 0 amide bonds. The molecule has 2 aromatic heterocycles. The smallest absolute Gasteiger partial charge is 0.246 e. The highest BCUT2D eigenvalue weighted by Crippen LogP contribution is 2.26. The van der Waals surface area contributed by atoms with Gasteiger partial charge < -0.3 is 0 Å². The zero-order valence-corrected chi connectivity index (χ0v) is 16.1. The molecule has 0 aromatic carbocycles. The molecular weight excluding hydrogens is 374 g/mol. The van der Waals surface area contributed by atoms with Crippen molar-refractivity contribution in [1.82, 2.24) is 23.4 Å². The van der Waals surface area contributed by atoms with Crippen LogP contribution in [-0.4, -0.2) is 58.0 Å². The first kappa shape index (κ1) is 17.9.